The maximum atomic E-state index is 8.79. The molecular weight excluding hydrogens is 343 g/mol. The number of aliphatic hydroxyl groups excluding tert-OH is 1. The highest BCUT2D eigenvalue weighted by atomic mass is 127. The van der Waals surface area contributed by atoms with E-state index in [4.69, 9.17) is 5.11 Å². The molecule has 5 nitrogen and oxygen atoms in total. The fourth-order valence-corrected chi connectivity index (χ4v) is 2.29. The van der Waals surface area contributed by atoms with Crippen molar-refractivity contribution in [3.63, 3.8) is 0 Å². The number of aliphatic hydroxyl groups is 1. The van der Waals surface area contributed by atoms with Crippen molar-refractivity contribution in [3.05, 3.63) is 39.2 Å². The van der Waals surface area contributed by atoms with E-state index in [0.29, 0.717) is 13.1 Å². The van der Waals surface area contributed by atoms with Crippen LogP contribution in [-0.2, 0) is 13.1 Å². The Labute approximate surface area is 119 Å². The van der Waals surface area contributed by atoms with Gasteiger partial charge in [-0.3, -0.25) is 0 Å². The van der Waals surface area contributed by atoms with Crippen LogP contribution in [-0.4, -0.2) is 26.7 Å². The Morgan fingerprint density at radius 3 is 3.00 bits per heavy atom. The molecule has 18 heavy (non-hydrogen) atoms. The summed E-state index contributed by atoms with van der Waals surface area (Å²) in [7, 11) is 0. The molecule has 0 atom stereocenters. The lowest BCUT2D eigenvalue weighted by Gasteiger charge is -2.08. The molecule has 0 aliphatic carbocycles. The van der Waals surface area contributed by atoms with Crippen LogP contribution in [0.1, 0.15) is 11.3 Å². The fourth-order valence-electron chi connectivity index (χ4n) is 1.64. The third kappa shape index (κ3) is 3.42. The van der Waals surface area contributed by atoms with Crippen LogP contribution in [0.25, 0.3) is 0 Å². The molecule has 0 spiro atoms. The molecule has 6 heteroatoms. The van der Waals surface area contributed by atoms with Gasteiger partial charge in [0.15, 0.2) is 0 Å². The summed E-state index contributed by atoms with van der Waals surface area (Å²) >= 11 is 2.30. The zero-order valence-electron chi connectivity index (χ0n) is 10.1. The summed E-state index contributed by atoms with van der Waals surface area (Å²) in [6, 6.07) is 6.26. The topological polar surface area (TPSA) is 63.0 Å². The van der Waals surface area contributed by atoms with Crippen molar-refractivity contribution in [2.45, 2.75) is 20.0 Å². The van der Waals surface area contributed by atoms with Gasteiger partial charge in [-0.25, -0.2) is 4.68 Å². The van der Waals surface area contributed by atoms with Gasteiger partial charge in [-0.1, -0.05) is 5.21 Å². The zero-order chi connectivity index (χ0) is 13.0. The van der Waals surface area contributed by atoms with Gasteiger partial charge in [0.2, 0.25) is 0 Å². The highest BCUT2D eigenvalue weighted by Crippen LogP contribution is 2.18. The maximum absolute atomic E-state index is 8.79. The molecule has 0 radical (unpaired) electrons. The number of benzene rings is 1. The molecule has 0 amide bonds. The van der Waals surface area contributed by atoms with Crippen LogP contribution in [0.2, 0.25) is 0 Å². The quantitative estimate of drug-likeness (QED) is 0.801. The van der Waals surface area contributed by atoms with Crippen molar-refractivity contribution >= 4 is 28.3 Å². The van der Waals surface area contributed by atoms with E-state index in [1.165, 1.54) is 9.13 Å². The normalized spacial score (nSPS) is 10.6. The predicted octanol–water partition coefficient (Wildman–Crippen LogP) is 1.80. The van der Waals surface area contributed by atoms with Gasteiger partial charge >= 0.3 is 0 Å². The molecule has 2 rings (SSSR count). The van der Waals surface area contributed by atoms with Gasteiger partial charge in [0.1, 0.15) is 5.69 Å². The third-order valence-corrected chi connectivity index (χ3v) is 3.23. The lowest BCUT2D eigenvalue weighted by atomic mass is 10.2. The molecule has 0 saturated carbocycles. The smallest absolute Gasteiger partial charge is 0.102 e. The van der Waals surface area contributed by atoms with Gasteiger partial charge in [-0.05, 0) is 53.3 Å². The van der Waals surface area contributed by atoms with Crippen LogP contribution in [0.5, 0.6) is 0 Å². The number of rotatable bonds is 5. The highest BCUT2D eigenvalue weighted by molar-refractivity contribution is 14.1. The van der Waals surface area contributed by atoms with Crippen molar-refractivity contribution < 1.29 is 5.11 Å². The molecule has 0 unspecified atom stereocenters. The third-order valence-electron chi connectivity index (χ3n) is 2.56. The number of halogens is 1. The molecule has 0 bridgehead atoms. The van der Waals surface area contributed by atoms with E-state index in [0.717, 1.165) is 11.4 Å². The van der Waals surface area contributed by atoms with Crippen molar-refractivity contribution in [1.82, 2.24) is 15.0 Å². The number of hydrogen-bond acceptors (Lipinski definition) is 4. The first-order valence-electron chi connectivity index (χ1n) is 5.69. The Bertz CT molecular complexity index is 527. The summed E-state index contributed by atoms with van der Waals surface area (Å²) in [6.45, 7) is 3.27. The van der Waals surface area contributed by atoms with E-state index in [1.807, 2.05) is 6.20 Å². The number of hydrogen-bond donors (Lipinski definition) is 2. The summed E-state index contributed by atoms with van der Waals surface area (Å²) < 4.78 is 2.86. The highest BCUT2D eigenvalue weighted by Gasteiger charge is 2.02. The Balaban J connectivity index is 1.97. The van der Waals surface area contributed by atoms with Crippen molar-refractivity contribution in [2.75, 3.05) is 11.9 Å². The minimum Gasteiger partial charge on any atom is -0.394 e. The lowest BCUT2D eigenvalue weighted by molar-refractivity contribution is 0.268. The fraction of sp³-hybridized carbons (Fsp3) is 0.333. The molecule has 0 aliphatic heterocycles. The average molecular weight is 358 g/mol. The standard InChI is InChI=1S/C12H15IN4O/c1-9-6-10(13)2-3-12(9)14-7-11-8-17(4-5-18)16-15-11/h2-3,6,8,14,18H,4-5,7H2,1H3. The summed E-state index contributed by atoms with van der Waals surface area (Å²) in [5, 5.41) is 20.1. The Hall–Kier alpha value is -1.15. The van der Waals surface area contributed by atoms with Gasteiger partial charge in [0.05, 0.1) is 25.9 Å². The lowest BCUT2D eigenvalue weighted by Crippen LogP contribution is -2.02. The molecule has 0 fully saturated rings. The van der Waals surface area contributed by atoms with Crippen LogP contribution < -0.4 is 5.32 Å². The molecule has 1 aromatic carbocycles. The van der Waals surface area contributed by atoms with Crippen LogP contribution in [0.3, 0.4) is 0 Å². The molecule has 0 aliphatic rings. The van der Waals surface area contributed by atoms with Crippen molar-refractivity contribution in [3.8, 4) is 0 Å². The van der Waals surface area contributed by atoms with Gasteiger partial charge in [-0.15, -0.1) is 5.10 Å². The average Bonchev–Trinajstić information content (AvgIpc) is 2.76. The molecular formula is C12H15IN4O. The van der Waals surface area contributed by atoms with E-state index in [1.54, 1.807) is 4.68 Å². The number of anilines is 1. The van der Waals surface area contributed by atoms with E-state index < -0.39 is 0 Å². The minimum atomic E-state index is 0.0759. The number of aryl methyl sites for hydroxylation is 1. The van der Waals surface area contributed by atoms with E-state index in [2.05, 4.69) is 63.3 Å². The monoisotopic (exact) mass is 358 g/mol. The first kappa shape index (κ1) is 13.3. The molecule has 1 heterocycles. The summed E-state index contributed by atoms with van der Waals surface area (Å²) in [5.41, 5.74) is 3.18. The predicted molar refractivity (Wildman–Crippen MR) is 78.3 cm³/mol. The minimum absolute atomic E-state index is 0.0759. The first-order valence-corrected chi connectivity index (χ1v) is 6.77. The zero-order valence-corrected chi connectivity index (χ0v) is 12.3. The molecule has 0 saturated heterocycles. The maximum Gasteiger partial charge on any atom is 0.102 e. The second-order valence-electron chi connectivity index (χ2n) is 4.01. The summed E-state index contributed by atoms with van der Waals surface area (Å²) in [5.74, 6) is 0. The van der Waals surface area contributed by atoms with Crippen LogP contribution in [0, 0.1) is 10.5 Å². The van der Waals surface area contributed by atoms with Crippen LogP contribution >= 0.6 is 22.6 Å². The number of aromatic nitrogens is 3. The summed E-state index contributed by atoms with van der Waals surface area (Å²) in [4.78, 5) is 0. The van der Waals surface area contributed by atoms with Crippen LogP contribution in [0.15, 0.2) is 24.4 Å². The molecule has 2 N–H and O–H groups in total. The molecule has 96 valence electrons. The van der Waals surface area contributed by atoms with Crippen molar-refractivity contribution in [1.29, 1.82) is 0 Å². The molecule has 1 aromatic heterocycles. The largest absolute Gasteiger partial charge is 0.394 e. The second kappa shape index (κ2) is 6.14. The Kier molecular flexibility index (Phi) is 4.54. The van der Waals surface area contributed by atoms with Crippen LogP contribution in [0.4, 0.5) is 5.69 Å². The van der Waals surface area contributed by atoms with Gasteiger partial charge in [0.25, 0.3) is 0 Å². The number of nitrogens with zero attached hydrogens (tertiary/aromatic N) is 3. The van der Waals surface area contributed by atoms with E-state index >= 15 is 0 Å². The van der Waals surface area contributed by atoms with Crippen molar-refractivity contribution in [2.24, 2.45) is 0 Å². The SMILES string of the molecule is Cc1cc(I)ccc1NCc1cn(CCO)nn1. The second-order valence-corrected chi connectivity index (χ2v) is 5.25. The van der Waals surface area contributed by atoms with Gasteiger partial charge < -0.3 is 10.4 Å². The first-order chi connectivity index (χ1) is 8.69. The molecule has 2 aromatic rings. The van der Waals surface area contributed by atoms with E-state index in [9.17, 15) is 0 Å². The van der Waals surface area contributed by atoms with Gasteiger partial charge in [-0.2, -0.15) is 0 Å². The number of nitrogens with one attached hydrogen (secondary N) is 1. The Morgan fingerprint density at radius 1 is 1.44 bits per heavy atom. The Morgan fingerprint density at radius 2 is 2.28 bits per heavy atom. The summed E-state index contributed by atoms with van der Waals surface area (Å²) in [6.07, 6.45) is 1.84. The van der Waals surface area contributed by atoms with Gasteiger partial charge in [0, 0.05) is 9.26 Å². The van der Waals surface area contributed by atoms with E-state index in [-0.39, 0.29) is 6.61 Å².